The van der Waals surface area contributed by atoms with Gasteiger partial charge < -0.3 is 16.2 Å². The van der Waals surface area contributed by atoms with Crippen molar-refractivity contribution in [3.8, 4) is 5.69 Å². The summed E-state index contributed by atoms with van der Waals surface area (Å²) in [7, 11) is 0. The molecule has 2 aromatic rings. The largest absolute Gasteiger partial charge is 0.395 e. The number of aliphatic hydroxyl groups is 1. The number of nitrogens with two attached hydrogens (primary N) is 1. The van der Waals surface area contributed by atoms with Crippen molar-refractivity contribution in [3.05, 3.63) is 58.8 Å². The number of carbonyl (C=O) groups excluding carboxylic acids is 1. The Labute approximate surface area is 149 Å². The second-order valence-electron chi connectivity index (χ2n) is 6.38. The molecule has 1 aliphatic rings. The highest BCUT2D eigenvalue weighted by Crippen LogP contribution is 2.19. The molecule has 138 valence electrons. The number of hydrogen-bond donors (Lipinski definition) is 3. The van der Waals surface area contributed by atoms with Gasteiger partial charge in [-0.2, -0.15) is 0 Å². The second-order valence-corrected chi connectivity index (χ2v) is 6.38. The monoisotopic (exact) mass is 360 g/mol. The summed E-state index contributed by atoms with van der Waals surface area (Å²) in [6, 6.07) is 8.59. The lowest BCUT2D eigenvalue weighted by molar-refractivity contribution is -0.117. The van der Waals surface area contributed by atoms with Crippen molar-refractivity contribution in [2.75, 3.05) is 25.0 Å². The third kappa shape index (κ3) is 3.98. The lowest BCUT2D eigenvalue weighted by Gasteiger charge is -2.21. The fourth-order valence-corrected chi connectivity index (χ4v) is 3.18. The first kappa shape index (κ1) is 18.2. The number of anilines is 1. The SMILES string of the molecule is N[C@@H]1C[C@@H](CO)N(CC(=O)Nc2ccc(-n3ccccc3=O)cc2F)C1. The molecule has 1 aliphatic heterocycles. The van der Waals surface area contributed by atoms with E-state index in [2.05, 4.69) is 5.32 Å². The molecule has 1 aromatic carbocycles. The Balaban J connectivity index is 1.69. The van der Waals surface area contributed by atoms with E-state index in [1.54, 1.807) is 29.3 Å². The van der Waals surface area contributed by atoms with E-state index in [1.165, 1.54) is 22.8 Å². The Bertz CT molecular complexity index is 854. The summed E-state index contributed by atoms with van der Waals surface area (Å²) in [5, 5.41) is 11.9. The molecule has 1 saturated heterocycles. The molecule has 8 heteroatoms. The van der Waals surface area contributed by atoms with Gasteiger partial charge in [0.2, 0.25) is 5.91 Å². The zero-order valence-electron chi connectivity index (χ0n) is 14.1. The molecule has 1 amide bonds. The predicted octanol–water partition coefficient (Wildman–Crippen LogP) is 0.309. The maximum absolute atomic E-state index is 14.3. The smallest absolute Gasteiger partial charge is 0.255 e. The summed E-state index contributed by atoms with van der Waals surface area (Å²) in [5.41, 5.74) is 5.99. The molecule has 0 aliphatic carbocycles. The molecule has 0 radical (unpaired) electrons. The van der Waals surface area contributed by atoms with E-state index in [-0.39, 0.29) is 42.4 Å². The van der Waals surface area contributed by atoms with Gasteiger partial charge in [0.1, 0.15) is 5.82 Å². The van der Waals surface area contributed by atoms with Crippen LogP contribution < -0.4 is 16.6 Å². The average Bonchev–Trinajstić information content (AvgIpc) is 2.96. The molecular formula is C18H21FN4O3. The van der Waals surface area contributed by atoms with E-state index in [4.69, 9.17) is 5.73 Å². The van der Waals surface area contributed by atoms with Crippen molar-refractivity contribution in [3.63, 3.8) is 0 Å². The van der Waals surface area contributed by atoms with Crippen molar-refractivity contribution in [1.29, 1.82) is 0 Å². The molecule has 7 nitrogen and oxygen atoms in total. The van der Waals surface area contributed by atoms with Crippen LogP contribution in [-0.4, -0.2) is 52.3 Å². The standard InChI is InChI=1S/C18H21FN4O3/c19-15-8-13(23-6-2-1-3-18(23)26)4-5-16(15)21-17(25)10-22-9-12(20)7-14(22)11-24/h1-6,8,12,14,24H,7,9-11,20H2,(H,21,25)/t12-,14+/m1/s1. The number of aromatic nitrogens is 1. The van der Waals surface area contributed by atoms with E-state index in [0.717, 1.165) is 0 Å². The van der Waals surface area contributed by atoms with Crippen LogP contribution in [0.5, 0.6) is 0 Å². The highest BCUT2D eigenvalue weighted by Gasteiger charge is 2.30. The number of pyridine rings is 1. The van der Waals surface area contributed by atoms with Gasteiger partial charge in [-0.05, 0) is 24.6 Å². The molecule has 0 unspecified atom stereocenters. The molecule has 2 heterocycles. The van der Waals surface area contributed by atoms with E-state index in [0.29, 0.717) is 18.7 Å². The van der Waals surface area contributed by atoms with Gasteiger partial charge in [0.05, 0.1) is 24.5 Å². The van der Waals surface area contributed by atoms with E-state index >= 15 is 0 Å². The van der Waals surface area contributed by atoms with Gasteiger partial charge in [0.25, 0.3) is 5.56 Å². The zero-order chi connectivity index (χ0) is 18.7. The summed E-state index contributed by atoms with van der Waals surface area (Å²) in [5.74, 6) is -1.02. The topological polar surface area (TPSA) is 101 Å². The van der Waals surface area contributed by atoms with Crippen LogP contribution in [0, 0.1) is 5.82 Å². The van der Waals surface area contributed by atoms with Crippen LogP contribution in [0.1, 0.15) is 6.42 Å². The fraction of sp³-hybridized carbons (Fsp3) is 0.333. The van der Waals surface area contributed by atoms with Crippen molar-refractivity contribution in [2.24, 2.45) is 5.73 Å². The van der Waals surface area contributed by atoms with Gasteiger partial charge >= 0.3 is 0 Å². The number of hydrogen-bond acceptors (Lipinski definition) is 5. The fourth-order valence-electron chi connectivity index (χ4n) is 3.18. The van der Waals surface area contributed by atoms with E-state index in [1.807, 2.05) is 0 Å². The minimum atomic E-state index is -0.636. The minimum absolute atomic E-state index is 0.0261. The number of carbonyl (C=O) groups is 1. The highest BCUT2D eigenvalue weighted by molar-refractivity contribution is 5.92. The van der Waals surface area contributed by atoms with Gasteiger partial charge in [0.15, 0.2) is 0 Å². The van der Waals surface area contributed by atoms with Gasteiger partial charge in [0, 0.05) is 37.0 Å². The summed E-state index contributed by atoms with van der Waals surface area (Å²) < 4.78 is 15.7. The Morgan fingerprint density at radius 3 is 2.85 bits per heavy atom. The summed E-state index contributed by atoms with van der Waals surface area (Å²) in [6.45, 7) is 0.463. The van der Waals surface area contributed by atoms with Gasteiger partial charge in [-0.15, -0.1) is 0 Å². The first-order valence-electron chi connectivity index (χ1n) is 8.36. The molecule has 3 rings (SSSR count). The highest BCUT2D eigenvalue weighted by atomic mass is 19.1. The number of nitrogens with one attached hydrogen (secondary N) is 1. The minimum Gasteiger partial charge on any atom is -0.395 e. The van der Waals surface area contributed by atoms with Crippen molar-refractivity contribution < 1.29 is 14.3 Å². The third-order valence-corrected chi connectivity index (χ3v) is 4.45. The number of rotatable bonds is 5. The average molecular weight is 360 g/mol. The molecular weight excluding hydrogens is 339 g/mol. The number of nitrogens with zero attached hydrogens (tertiary/aromatic N) is 2. The third-order valence-electron chi connectivity index (χ3n) is 4.45. The van der Waals surface area contributed by atoms with Crippen molar-refractivity contribution >= 4 is 11.6 Å². The van der Waals surface area contributed by atoms with Gasteiger partial charge in [-0.25, -0.2) is 4.39 Å². The lowest BCUT2D eigenvalue weighted by atomic mass is 10.2. The normalized spacial score (nSPS) is 20.3. The van der Waals surface area contributed by atoms with Crippen LogP contribution in [0.2, 0.25) is 0 Å². The van der Waals surface area contributed by atoms with Crippen LogP contribution >= 0.6 is 0 Å². The first-order chi connectivity index (χ1) is 12.5. The maximum Gasteiger partial charge on any atom is 0.255 e. The van der Waals surface area contributed by atoms with Crippen LogP contribution in [0.25, 0.3) is 5.69 Å². The Morgan fingerprint density at radius 2 is 2.15 bits per heavy atom. The van der Waals surface area contributed by atoms with E-state index < -0.39 is 5.82 Å². The van der Waals surface area contributed by atoms with Crippen LogP contribution in [0.15, 0.2) is 47.4 Å². The summed E-state index contributed by atoms with van der Waals surface area (Å²) in [6.07, 6.45) is 2.17. The molecule has 2 atom stereocenters. The van der Waals surface area contributed by atoms with Crippen LogP contribution in [0.3, 0.4) is 0 Å². The molecule has 4 N–H and O–H groups in total. The second kappa shape index (κ2) is 7.77. The summed E-state index contributed by atoms with van der Waals surface area (Å²) in [4.78, 5) is 25.8. The molecule has 0 spiro atoms. The van der Waals surface area contributed by atoms with E-state index in [9.17, 15) is 19.1 Å². The van der Waals surface area contributed by atoms with Gasteiger partial charge in [-0.1, -0.05) is 6.07 Å². The number of aliphatic hydroxyl groups excluding tert-OH is 1. The van der Waals surface area contributed by atoms with Crippen LogP contribution in [-0.2, 0) is 4.79 Å². The number of halogens is 1. The Hall–Kier alpha value is -2.55. The lowest BCUT2D eigenvalue weighted by Crippen LogP contribution is -2.39. The number of amides is 1. The van der Waals surface area contributed by atoms with Gasteiger partial charge in [-0.3, -0.25) is 19.1 Å². The maximum atomic E-state index is 14.3. The first-order valence-corrected chi connectivity index (χ1v) is 8.36. The Morgan fingerprint density at radius 1 is 1.35 bits per heavy atom. The number of benzene rings is 1. The number of likely N-dealkylation sites (tertiary alicyclic amines) is 1. The molecule has 0 saturated carbocycles. The molecule has 1 fully saturated rings. The molecule has 0 bridgehead atoms. The van der Waals surface area contributed by atoms with Crippen molar-refractivity contribution in [2.45, 2.75) is 18.5 Å². The predicted molar refractivity (Wildman–Crippen MR) is 95.7 cm³/mol. The van der Waals surface area contributed by atoms with Crippen molar-refractivity contribution in [1.82, 2.24) is 9.47 Å². The van der Waals surface area contributed by atoms with Crippen LogP contribution in [0.4, 0.5) is 10.1 Å². The quantitative estimate of drug-likeness (QED) is 0.712. The molecule has 26 heavy (non-hydrogen) atoms. The zero-order valence-corrected chi connectivity index (χ0v) is 14.1. The Kier molecular flexibility index (Phi) is 5.46. The summed E-state index contributed by atoms with van der Waals surface area (Å²) >= 11 is 0. The molecule has 1 aromatic heterocycles.